The molecule has 0 spiro atoms. The van der Waals surface area contributed by atoms with Crippen molar-refractivity contribution in [1.29, 1.82) is 0 Å². The van der Waals surface area contributed by atoms with Crippen LogP contribution in [0.1, 0.15) is 11.3 Å². The predicted molar refractivity (Wildman–Crippen MR) is 71.3 cm³/mol. The summed E-state index contributed by atoms with van der Waals surface area (Å²) >= 11 is 3.45. The normalized spacial score (nSPS) is 11.3. The zero-order valence-electron chi connectivity index (χ0n) is 9.72. The topological polar surface area (TPSA) is 50.7 Å². The summed E-state index contributed by atoms with van der Waals surface area (Å²) in [4.78, 5) is 4.56. The molecule has 0 unspecified atom stereocenters. The second-order valence-corrected chi connectivity index (χ2v) is 4.99. The monoisotopic (exact) mass is 306 g/mol. The number of aliphatic hydroxyl groups is 1. The van der Waals surface area contributed by atoms with Gasteiger partial charge in [-0.25, -0.2) is 4.98 Å². The van der Waals surface area contributed by atoms with Crippen LogP contribution in [0.15, 0.2) is 39.5 Å². The van der Waals surface area contributed by atoms with E-state index < -0.39 is 0 Å². The Morgan fingerprint density at radius 3 is 3.00 bits per heavy atom. The molecule has 3 heterocycles. The molecule has 0 aliphatic carbocycles. The molecule has 0 amide bonds. The van der Waals surface area contributed by atoms with Gasteiger partial charge in [0.15, 0.2) is 5.76 Å². The number of pyridine rings is 1. The zero-order chi connectivity index (χ0) is 12.7. The summed E-state index contributed by atoms with van der Waals surface area (Å²) in [6, 6.07) is 5.64. The summed E-state index contributed by atoms with van der Waals surface area (Å²) in [7, 11) is 0. The summed E-state index contributed by atoms with van der Waals surface area (Å²) in [5.41, 5.74) is 3.28. The molecule has 5 heteroatoms. The van der Waals surface area contributed by atoms with Crippen LogP contribution in [0.5, 0.6) is 0 Å². The van der Waals surface area contributed by atoms with E-state index in [1.54, 1.807) is 6.26 Å². The number of hydrogen-bond acceptors (Lipinski definition) is 3. The minimum Gasteiger partial charge on any atom is -0.463 e. The van der Waals surface area contributed by atoms with Gasteiger partial charge in [0.25, 0.3) is 0 Å². The highest BCUT2D eigenvalue weighted by molar-refractivity contribution is 9.10. The molecule has 3 aromatic heterocycles. The van der Waals surface area contributed by atoms with Crippen LogP contribution < -0.4 is 0 Å². The Labute approximate surface area is 112 Å². The first-order chi connectivity index (χ1) is 8.70. The van der Waals surface area contributed by atoms with Gasteiger partial charge in [0.2, 0.25) is 0 Å². The van der Waals surface area contributed by atoms with Crippen molar-refractivity contribution in [2.45, 2.75) is 13.5 Å². The lowest BCUT2D eigenvalue weighted by Gasteiger charge is -2.02. The Balaban J connectivity index is 2.37. The van der Waals surface area contributed by atoms with Gasteiger partial charge in [-0.15, -0.1) is 0 Å². The molecule has 4 nitrogen and oxygen atoms in total. The molecule has 1 N–H and O–H groups in total. The third-order valence-corrected chi connectivity index (χ3v) is 3.31. The lowest BCUT2D eigenvalue weighted by atomic mass is 10.2. The SMILES string of the molecule is Cc1cc(Br)cn2c(CO)c(-c3ccco3)nc12. The third-order valence-electron chi connectivity index (χ3n) is 2.87. The van der Waals surface area contributed by atoms with Gasteiger partial charge in [0.05, 0.1) is 18.6 Å². The van der Waals surface area contributed by atoms with Gasteiger partial charge < -0.3 is 9.52 Å². The molecule has 0 saturated carbocycles. The fourth-order valence-electron chi connectivity index (χ4n) is 2.08. The van der Waals surface area contributed by atoms with Gasteiger partial charge in [-0.3, -0.25) is 4.40 Å². The second kappa shape index (κ2) is 4.26. The highest BCUT2D eigenvalue weighted by atomic mass is 79.9. The molecule has 18 heavy (non-hydrogen) atoms. The van der Waals surface area contributed by atoms with Gasteiger partial charge in [0.1, 0.15) is 11.3 Å². The zero-order valence-corrected chi connectivity index (χ0v) is 11.3. The molecule has 0 bridgehead atoms. The maximum Gasteiger partial charge on any atom is 0.154 e. The highest BCUT2D eigenvalue weighted by Gasteiger charge is 2.16. The van der Waals surface area contributed by atoms with Crippen LogP contribution in [0.2, 0.25) is 0 Å². The molecule has 92 valence electrons. The Bertz CT molecular complexity index is 701. The largest absolute Gasteiger partial charge is 0.463 e. The van der Waals surface area contributed by atoms with Crippen molar-refractivity contribution < 1.29 is 9.52 Å². The summed E-state index contributed by atoms with van der Waals surface area (Å²) in [5.74, 6) is 0.665. The first kappa shape index (κ1) is 11.5. The minimum atomic E-state index is -0.0902. The van der Waals surface area contributed by atoms with Crippen LogP contribution in [0.25, 0.3) is 17.1 Å². The fourth-order valence-corrected chi connectivity index (χ4v) is 2.63. The average molecular weight is 307 g/mol. The third kappa shape index (κ3) is 1.67. The van der Waals surface area contributed by atoms with Crippen molar-refractivity contribution in [2.75, 3.05) is 0 Å². The van der Waals surface area contributed by atoms with Gasteiger partial charge in [-0.05, 0) is 46.6 Å². The van der Waals surface area contributed by atoms with Gasteiger partial charge in [-0.2, -0.15) is 0 Å². The number of fused-ring (bicyclic) bond motifs is 1. The smallest absolute Gasteiger partial charge is 0.154 e. The molecule has 3 aromatic rings. The van der Waals surface area contributed by atoms with Gasteiger partial charge in [0, 0.05) is 10.7 Å². The lowest BCUT2D eigenvalue weighted by molar-refractivity contribution is 0.276. The van der Waals surface area contributed by atoms with Crippen molar-refractivity contribution in [3.05, 3.63) is 46.4 Å². The number of aliphatic hydroxyl groups excluding tert-OH is 1. The molecule has 3 rings (SSSR count). The molecule has 0 fully saturated rings. The Kier molecular flexibility index (Phi) is 2.72. The van der Waals surface area contributed by atoms with Crippen LogP contribution in [0.4, 0.5) is 0 Å². The van der Waals surface area contributed by atoms with E-state index in [1.165, 1.54) is 0 Å². The van der Waals surface area contributed by atoms with E-state index in [0.717, 1.165) is 21.4 Å². The molecule has 0 aliphatic heterocycles. The number of nitrogens with zero attached hydrogens (tertiary/aromatic N) is 2. The first-order valence-electron chi connectivity index (χ1n) is 5.52. The number of aryl methyl sites for hydroxylation is 1. The quantitative estimate of drug-likeness (QED) is 0.791. The summed E-state index contributed by atoms with van der Waals surface area (Å²) in [5, 5.41) is 9.57. The molecule has 0 aromatic carbocycles. The summed E-state index contributed by atoms with van der Waals surface area (Å²) in [6.07, 6.45) is 3.50. The fraction of sp³-hybridized carbons (Fsp3) is 0.154. The average Bonchev–Trinajstić information content (AvgIpc) is 2.93. The van der Waals surface area contributed by atoms with E-state index in [4.69, 9.17) is 4.42 Å². The first-order valence-corrected chi connectivity index (χ1v) is 6.32. The minimum absolute atomic E-state index is 0.0902. The highest BCUT2D eigenvalue weighted by Crippen LogP contribution is 2.27. The van der Waals surface area contributed by atoms with E-state index in [9.17, 15) is 5.11 Å². The van der Waals surface area contributed by atoms with Crippen LogP contribution in [-0.2, 0) is 6.61 Å². The van der Waals surface area contributed by atoms with E-state index in [0.29, 0.717) is 11.5 Å². The number of imidazole rings is 1. The van der Waals surface area contributed by atoms with Crippen molar-refractivity contribution >= 4 is 21.6 Å². The van der Waals surface area contributed by atoms with Crippen molar-refractivity contribution in [2.24, 2.45) is 0 Å². The number of aromatic nitrogens is 2. The van der Waals surface area contributed by atoms with Crippen molar-refractivity contribution in [1.82, 2.24) is 9.38 Å². The second-order valence-electron chi connectivity index (χ2n) is 4.08. The number of furan rings is 1. The molecular formula is C13H11BrN2O2. The standard InChI is InChI=1S/C13H11BrN2O2/c1-8-5-9(14)6-16-10(7-17)12(15-13(8)16)11-3-2-4-18-11/h2-6,17H,7H2,1H3. The molecule has 0 atom stereocenters. The molecule has 0 saturated heterocycles. The molecule has 0 aliphatic rings. The van der Waals surface area contributed by atoms with Crippen molar-refractivity contribution in [3.63, 3.8) is 0 Å². The molecule has 0 radical (unpaired) electrons. The van der Waals surface area contributed by atoms with Gasteiger partial charge in [-0.1, -0.05) is 0 Å². The van der Waals surface area contributed by atoms with E-state index in [-0.39, 0.29) is 6.61 Å². The number of rotatable bonds is 2. The lowest BCUT2D eigenvalue weighted by Crippen LogP contribution is -1.95. The van der Waals surface area contributed by atoms with E-state index in [1.807, 2.05) is 35.7 Å². The van der Waals surface area contributed by atoms with E-state index >= 15 is 0 Å². The van der Waals surface area contributed by atoms with Crippen molar-refractivity contribution in [3.8, 4) is 11.5 Å². The predicted octanol–water partition coefficient (Wildman–Crippen LogP) is 3.16. The maximum atomic E-state index is 9.57. The van der Waals surface area contributed by atoms with Crippen LogP contribution >= 0.6 is 15.9 Å². The van der Waals surface area contributed by atoms with Crippen LogP contribution in [0.3, 0.4) is 0 Å². The number of halogens is 1. The Hall–Kier alpha value is -1.59. The molecular weight excluding hydrogens is 296 g/mol. The number of hydrogen-bond donors (Lipinski definition) is 1. The maximum absolute atomic E-state index is 9.57. The van der Waals surface area contributed by atoms with Crippen LogP contribution in [-0.4, -0.2) is 14.5 Å². The summed E-state index contributed by atoms with van der Waals surface area (Å²) < 4.78 is 8.20. The Morgan fingerprint density at radius 2 is 2.33 bits per heavy atom. The van der Waals surface area contributed by atoms with Crippen LogP contribution in [0, 0.1) is 6.92 Å². The van der Waals surface area contributed by atoms with E-state index in [2.05, 4.69) is 20.9 Å². The summed E-state index contributed by atoms with van der Waals surface area (Å²) in [6.45, 7) is 1.90. The van der Waals surface area contributed by atoms with Gasteiger partial charge >= 0.3 is 0 Å². The Morgan fingerprint density at radius 1 is 1.50 bits per heavy atom.